The van der Waals surface area contributed by atoms with Crippen molar-refractivity contribution in [3.8, 4) is 0 Å². The minimum Gasteiger partial charge on any atom is -0.315 e. The number of nitrogens with one attached hydrogen (secondary N) is 1. The molecule has 16 heavy (non-hydrogen) atoms. The van der Waals surface area contributed by atoms with Gasteiger partial charge in [-0.2, -0.15) is 0 Å². The zero-order valence-electron chi connectivity index (χ0n) is 11.6. The molecule has 2 atom stereocenters. The first-order valence-electron chi connectivity index (χ1n) is 7.11. The summed E-state index contributed by atoms with van der Waals surface area (Å²) in [6.07, 6.45) is 5.47. The molecule has 0 saturated carbocycles. The normalized spacial score (nSPS) is 24.9. The highest BCUT2D eigenvalue weighted by Crippen LogP contribution is 2.18. The molecule has 2 nitrogen and oxygen atoms in total. The van der Waals surface area contributed by atoms with Gasteiger partial charge < -0.3 is 5.32 Å². The van der Waals surface area contributed by atoms with E-state index < -0.39 is 0 Å². The number of hydrogen-bond donors (Lipinski definition) is 1. The first kappa shape index (κ1) is 14.0. The Labute approximate surface area is 102 Å². The molecule has 1 aliphatic rings. The molecule has 1 rings (SSSR count). The second-order valence-electron chi connectivity index (χ2n) is 5.65. The topological polar surface area (TPSA) is 15.3 Å². The van der Waals surface area contributed by atoms with Gasteiger partial charge in [0.15, 0.2) is 0 Å². The fourth-order valence-electron chi connectivity index (χ4n) is 2.56. The van der Waals surface area contributed by atoms with Crippen LogP contribution in [0.25, 0.3) is 0 Å². The summed E-state index contributed by atoms with van der Waals surface area (Å²) in [6, 6.07) is 1.48. The quantitative estimate of drug-likeness (QED) is 0.749. The second kappa shape index (κ2) is 7.29. The van der Waals surface area contributed by atoms with Crippen LogP contribution in [0.5, 0.6) is 0 Å². The Morgan fingerprint density at radius 3 is 2.62 bits per heavy atom. The molecule has 1 saturated heterocycles. The summed E-state index contributed by atoms with van der Waals surface area (Å²) in [6.45, 7) is 12.9. The summed E-state index contributed by atoms with van der Waals surface area (Å²) in [5.41, 5.74) is 0. The van der Waals surface area contributed by atoms with Gasteiger partial charge in [-0.25, -0.2) is 0 Å². The molecule has 1 heterocycles. The Balaban J connectivity index is 2.27. The van der Waals surface area contributed by atoms with Crippen LogP contribution in [0.3, 0.4) is 0 Å². The highest BCUT2D eigenvalue weighted by atomic mass is 15.2. The van der Waals surface area contributed by atoms with E-state index in [-0.39, 0.29) is 0 Å². The van der Waals surface area contributed by atoms with Gasteiger partial charge in [-0.1, -0.05) is 26.7 Å². The van der Waals surface area contributed by atoms with E-state index in [1.54, 1.807) is 0 Å². The van der Waals surface area contributed by atoms with Gasteiger partial charge in [-0.05, 0) is 45.7 Å². The van der Waals surface area contributed by atoms with Crippen molar-refractivity contribution < 1.29 is 0 Å². The third-order valence-corrected chi connectivity index (χ3v) is 3.91. The van der Waals surface area contributed by atoms with E-state index in [4.69, 9.17) is 0 Å². The van der Waals surface area contributed by atoms with Gasteiger partial charge in [0.2, 0.25) is 0 Å². The predicted octanol–water partition coefficient (Wildman–Crippen LogP) is 2.89. The Morgan fingerprint density at radius 1 is 1.25 bits per heavy atom. The third kappa shape index (κ3) is 4.42. The first-order chi connectivity index (χ1) is 7.65. The number of nitrogens with zero attached hydrogens (tertiary/aromatic N) is 1. The summed E-state index contributed by atoms with van der Waals surface area (Å²) < 4.78 is 0. The van der Waals surface area contributed by atoms with E-state index in [2.05, 4.69) is 37.9 Å². The van der Waals surface area contributed by atoms with Crippen molar-refractivity contribution in [3.63, 3.8) is 0 Å². The first-order valence-corrected chi connectivity index (χ1v) is 7.11. The minimum atomic E-state index is 0.704. The minimum absolute atomic E-state index is 0.704. The van der Waals surface area contributed by atoms with Crippen LogP contribution in [-0.2, 0) is 0 Å². The highest BCUT2D eigenvalue weighted by Gasteiger charge is 2.23. The van der Waals surface area contributed by atoms with Crippen LogP contribution in [0.15, 0.2) is 0 Å². The van der Waals surface area contributed by atoms with Crippen molar-refractivity contribution in [1.82, 2.24) is 10.2 Å². The zero-order chi connectivity index (χ0) is 12.0. The van der Waals surface area contributed by atoms with E-state index in [0.29, 0.717) is 6.04 Å². The fraction of sp³-hybridized carbons (Fsp3) is 1.00. The number of piperidine rings is 1. The Kier molecular flexibility index (Phi) is 6.37. The van der Waals surface area contributed by atoms with Gasteiger partial charge in [-0.3, -0.25) is 4.90 Å². The molecule has 0 amide bonds. The van der Waals surface area contributed by atoms with Crippen molar-refractivity contribution in [3.05, 3.63) is 0 Å². The molecule has 2 heteroatoms. The number of likely N-dealkylation sites (tertiary alicyclic amines) is 1. The third-order valence-electron chi connectivity index (χ3n) is 3.91. The lowest BCUT2D eigenvalue weighted by atomic mass is 10.00. The molecule has 1 aliphatic heterocycles. The van der Waals surface area contributed by atoms with Gasteiger partial charge in [0, 0.05) is 18.6 Å². The van der Waals surface area contributed by atoms with Crippen molar-refractivity contribution in [2.45, 2.75) is 65.5 Å². The Bertz CT molecular complexity index is 180. The molecule has 0 aromatic heterocycles. The molecule has 2 unspecified atom stereocenters. The average molecular weight is 226 g/mol. The maximum Gasteiger partial charge on any atom is 0.0223 e. The van der Waals surface area contributed by atoms with Gasteiger partial charge in [0.1, 0.15) is 0 Å². The second-order valence-corrected chi connectivity index (χ2v) is 5.65. The van der Waals surface area contributed by atoms with Crippen LogP contribution in [-0.4, -0.2) is 36.6 Å². The van der Waals surface area contributed by atoms with E-state index in [0.717, 1.165) is 12.0 Å². The van der Waals surface area contributed by atoms with Gasteiger partial charge in [0.05, 0.1) is 0 Å². The molecule has 0 aliphatic carbocycles. The fourth-order valence-corrected chi connectivity index (χ4v) is 2.56. The molecular weight excluding hydrogens is 196 g/mol. The van der Waals surface area contributed by atoms with Gasteiger partial charge in [-0.15, -0.1) is 0 Å². The van der Waals surface area contributed by atoms with E-state index in [1.807, 2.05) is 0 Å². The summed E-state index contributed by atoms with van der Waals surface area (Å²) in [5.74, 6) is 0.816. The number of rotatable bonds is 6. The van der Waals surface area contributed by atoms with Crippen molar-refractivity contribution in [1.29, 1.82) is 0 Å². The summed E-state index contributed by atoms with van der Waals surface area (Å²) in [5, 5.41) is 3.65. The van der Waals surface area contributed by atoms with E-state index in [9.17, 15) is 0 Å². The molecule has 0 spiro atoms. The van der Waals surface area contributed by atoms with Gasteiger partial charge >= 0.3 is 0 Å². The van der Waals surface area contributed by atoms with Crippen LogP contribution in [0.4, 0.5) is 0 Å². The smallest absolute Gasteiger partial charge is 0.0223 e. The lowest BCUT2D eigenvalue weighted by molar-refractivity contribution is 0.110. The maximum atomic E-state index is 3.65. The van der Waals surface area contributed by atoms with Crippen molar-refractivity contribution in [2.24, 2.45) is 5.92 Å². The summed E-state index contributed by atoms with van der Waals surface area (Å²) in [7, 11) is 0. The van der Waals surface area contributed by atoms with Crippen molar-refractivity contribution in [2.75, 3.05) is 19.6 Å². The predicted molar refractivity (Wildman–Crippen MR) is 71.8 cm³/mol. The summed E-state index contributed by atoms with van der Waals surface area (Å²) >= 11 is 0. The molecule has 1 fully saturated rings. The van der Waals surface area contributed by atoms with Crippen LogP contribution in [0.1, 0.15) is 53.4 Å². The lowest BCUT2D eigenvalue weighted by Gasteiger charge is -2.39. The zero-order valence-corrected chi connectivity index (χ0v) is 11.6. The van der Waals surface area contributed by atoms with E-state index in [1.165, 1.54) is 45.3 Å². The molecule has 96 valence electrons. The molecule has 0 radical (unpaired) electrons. The van der Waals surface area contributed by atoms with Crippen molar-refractivity contribution >= 4 is 0 Å². The van der Waals surface area contributed by atoms with Crippen LogP contribution in [0.2, 0.25) is 0 Å². The number of hydrogen-bond acceptors (Lipinski definition) is 2. The van der Waals surface area contributed by atoms with Crippen LogP contribution >= 0.6 is 0 Å². The van der Waals surface area contributed by atoms with Crippen LogP contribution in [0, 0.1) is 5.92 Å². The molecule has 0 bridgehead atoms. The van der Waals surface area contributed by atoms with Crippen LogP contribution < -0.4 is 5.32 Å². The average Bonchev–Trinajstić information content (AvgIpc) is 2.29. The van der Waals surface area contributed by atoms with E-state index >= 15 is 0 Å². The molecule has 0 aromatic carbocycles. The maximum absolute atomic E-state index is 3.65. The molecule has 1 N–H and O–H groups in total. The molecular formula is C14H30N2. The summed E-state index contributed by atoms with van der Waals surface area (Å²) in [4.78, 5) is 2.67. The standard InChI is InChI=1S/C14H30N2/c1-5-13(4)10-15-11-14-8-6-7-9-16(14)12(2)3/h12-15H,5-11H2,1-4H3. The lowest BCUT2D eigenvalue weighted by Crippen LogP contribution is -2.49. The largest absolute Gasteiger partial charge is 0.315 e. The Hall–Kier alpha value is -0.0800. The highest BCUT2D eigenvalue weighted by molar-refractivity contribution is 4.81. The molecule has 0 aromatic rings. The Morgan fingerprint density at radius 2 is 2.00 bits per heavy atom. The monoisotopic (exact) mass is 226 g/mol. The SMILES string of the molecule is CCC(C)CNCC1CCCCN1C(C)C. The van der Waals surface area contributed by atoms with Gasteiger partial charge in [0.25, 0.3) is 0 Å².